The molecule has 2 amide bonds. The first-order valence-corrected chi connectivity index (χ1v) is 11.9. The third-order valence-electron chi connectivity index (χ3n) is 6.44. The molecule has 1 saturated heterocycles. The number of carbonyl (C=O) groups excluding carboxylic acids is 2. The zero-order valence-electron chi connectivity index (χ0n) is 20.1. The molecule has 4 heterocycles. The van der Waals surface area contributed by atoms with E-state index in [9.17, 15) is 9.59 Å². The maximum absolute atomic E-state index is 13.2. The second-order valence-electron chi connectivity index (χ2n) is 10.1. The van der Waals surface area contributed by atoms with Gasteiger partial charge in [-0.15, -0.1) is 0 Å². The molecule has 4 aliphatic rings. The average molecular weight is 458 g/mol. The second kappa shape index (κ2) is 9.71. The summed E-state index contributed by atoms with van der Waals surface area (Å²) in [5, 5.41) is 2.99. The van der Waals surface area contributed by atoms with Crippen LogP contribution in [0.4, 0.5) is 4.79 Å². The minimum atomic E-state index is -0.589. The van der Waals surface area contributed by atoms with E-state index >= 15 is 0 Å². The number of nitrogens with zero attached hydrogens (tertiary/aromatic N) is 2. The van der Waals surface area contributed by atoms with Crippen molar-refractivity contribution in [2.45, 2.75) is 83.6 Å². The van der Waals surface area contributed by atoms with Crippen LogP contribution in [0, 0.1) is 6.92 Å². The van der Waals surface area contributed by atoms with Crippen LogP contribution in [0.3, 0.4) is 0 Å². The third-order valence-corrected chi connectivity index (χ3v) is 6.44. The molecule has 33 heavy (non-hydrogen) atoms. The monoisotopic (exact) mass is 457 g/mol. The van der Waals surface area contributed by atoms with Gasteiger partial charge in [0, 0.05) is 18.3 Å². The summed E-state index contributed by atoms with van der Waals surface area (Å²) in [6, 6.07) is 1.45. The van der Waals surface area contributed by atoms with E-state index in [0.29, 0.717) is 19.0 Å². The lowest BCUT2D eigenvalue weighted by atomic mass is 9.90. The van der Waals surface area contributed by atoms with Gasteiger partial charge in [0.05, 0.1) is 24.8 Å². The van der Waals surface area contributed by atoms with Crippen molar-refractivity contribution < 1.29 is 23.8 Å². The number of ether oxygens (including phenoxy) is 3. The standard InChI is InChI=1S/C25H35N3O5/c1-16-11-12-26-23-22(16)17-7-9-18(10-8-17)31-14-20-19(27-24(30)33-25(2,3)4)6-5-13-28(20)21(29)15-32-23/h7,11-12,18-20H,5-6,8-10,13-15H2,1-4H3,(H,27,30). The summed E-state index contributed by atoms with van der Waals surface area (Å²) in [5.74, 6) is 0.374. The molecule has 8 heteroatoms. The molecular weight excluding hydrogens is 422 g/mol. The van der Waals surface area contributed by atoms with Crippen molar-refractivity contribution in [2.75, 3.05) is 19.8 Å². The number of pyridine rings is 1. The quantitative estimate of drug-likeness (QED) is 0.693. The molecule has 0 radical (unpaired) electrons. The van der Waals surface area contributed by atoms with Crippen molar-refractivity contribution in [1.82, 2.24) is 15.2 Å². The van der Waals surface area contributed by atoms with E-state index in [1.807, 2.05) is 33.8 Å². The van der Waals surface area contributed by atoms with Crippen LogP contribution in [0.5, 0.6) is 5.88 Å². The highest BCUT2D eigenvalue weighted by Gasteiger charge is 2.37. The molecular formula is C25H35N3O5. The van der Waals surface area contributed by atoms with Crippen LogP contribution in [-0.4, -0.2) is 65.4 Å². The minimum Gasteiger partial charge on any atom is -0.467 e. The van der Waals surface area contributed by atoms with Gasteiger partial charge in [0.25, 0.3) is 5.91 Å². The van der Waals surface area contributed by atoms with Crippen molar-refractivity contribution in [3.63, 3.8) is 0 Å². The summed E-state index contributed by atoms with van der Waals surface area (Å²) in [6.07, 6.45) is 7.64. The van der Waals surface area contributed by atoms with Crippen LogP contribution in [-0.2, 0) is 14.3 Å². The summed E-state index contributed by atoms with van der Waals surface area (Å²) in [4.78, 5) is 32.0. The van der Waals surface area contributed by atoms with E-state index in [2.05, 4.69) is 16.4 Å². The fourth-order valence-corrected chi connectivity index (χ4v) is 4.87. The highest BCUT2D eigenvalue weighted by Crippen LogP contribution is 2.35. The molecule has 0 spiro atoms. The van der Waals surface area contributed by atoms with Crippen molar-refractivity contribution in [3.05, 3.63) is 29.5 Å². The number of piperidine rings is 1. The number of hydrogen-bond donors (Lipinski definition) is 1. The predicted octanol–water partition coefficient (Wildman–Crippen LogP) is 3.62. The molecule has 3 unspecified atom stereocenters. The Balaban J connectivity index is 1.58. The maximum atomic E-state index is 13.2. The van der Waals surface area contributed by atoms with Gasteiger partial charge in [0.2, 0.25) is 5.88 Å². The number of alkyl carbamates (subject to hydrolysis) is 1. The van der Waals surface area contributed by atoms with Crippen molar-refractivity contribution >= 4 is 17.6 Å². The van der Waals surface area contributed by atoms with Gasteiger partial charge < -0.3 is 24.4 Å². The first-order chi connectivity index (χ1) is 15.7. The fourth-order valence-electron chi connectivity index (χ4n) is 4.87. The first-order valence-electron chi connectivity index (χ1n) is 11.9. The second-order valence-corrected chi connectivity index (χ2v) is 10.1. The molecule has 180 valence electrons. The predicted molar refractivity (Wildman–Crippen MR) is 124 cm³/mol. The van der Waals surface area contributed by atoms with Crippen LogP contribution < -0.4 is 10.1 Å². The summed E-state index contributed by atoms with van der Waals surface area (Å²) in [6.45, 7) is 8.41. The average Bonchev–Trinajstić information content (AvgIpc) is 2.76. The molecule has 8 nitrogen and oxygen atoms in total. The Kier molecular flexibility index (Phi) is 6.93. The molecule has 3 atom stereocenters. The highest BCUT2D eigenvalue weighted by molar-refractivity contribution is 5.79. The van der Waals surface area contributed by atoms with Gasteiger partial charge in [0.15, 0.2) is 6.61 Å². The molecule has 1 aromatic rings. The maximum Gasteiger partial charge on any atom is 0.407 e. The van der Waals surface area contributed by atoms with E-state index in [4.69, 9.17) is 14.2 Å². The zero-order valence-corrected chi connectivity index (χ0v) is 20.1. The lowest BCUT2D eigenvalue weighted by Crippen LogP contribution is -2.60. The summed E-state index contributed by atoms with van der Waals surface area (Å²) in [7, 11) is 0. The number of hydrogen-bond acceptors (Lipinski definition) is 6. The lowest BCUT2D eigenvalue weighted by Gasteiger charge is -2.42. The summed E-state index contributed by atoms with van der Waals surface area (Å²) < 4.78 is 17.7. The van der Waals surface area contributed by atoms with Crippen LogP contribution in [0.2, 0.25) is 0 Å². The molecule has 2 bridgehead atoms. The van der Waals surface area contributed by atoms with Crippen LogP contribution in [0.15, 0.2) is 18.3 Å². The van der Waals surface area contributed by atoms with Crippen LogP contribution in [0.1, 0.15) is 64.0 Å². The van der Waals surface area contributed by atoms with Gasteiger partial charge >= 0.3 is 6.09 Å². The van der Waals surface area contributed by atoms with Crippen molar-refractivity contribution in [3.8, 4) is 5.88 Å². The molecule has 1 fully saturated rings. The van der Waals surface area contributed by atoms with Gasteiger partial charge in [-0.3, -0.25) is 4.79 Å². The van der Waals surface area contributed by atoms with E-state index in [1.165, 1.54) is 5.57 Å². The Labute approximate surface area is 195 Å². The third kappa shape index (κ3) is 5.66. The molecule has 0 aromatic carbocycles. The first kappa shape index (κ1) is 23.5. The van der Waals surface area contributed by atoms with Crippen LogP contribution >= 0.6 is 0 Å². The van der Waals surface area contributed by atoms with E-state index in [1.54, 1.807) is 11.1 Å². The van der Waals surface area contributed by atoms with Gasteiger partial charge in [-0.1, -0.05) is 6.08 Å². The van der Waals surface area contributed by atoms with Gasteiger partial charge in [-0.05, 0) is 77.0 Å². The molecule has 1 aromatic heterocycles. The summed E-state index contributed by atoms with van der Waals surface area (Å²) >= 11 is 0. The number of fused-ring (bicyclic) bond motifs is 5. The van der Waals surface area contributed by atoms with Gasteiger partial charge in [0.1, 0.15) is 5.60 Å². The largest absolute Gasteiger partial charge is 0.467 e. The molecule has 1 N–H and O–H groups in total. The van der Waals surface area contributed by atoms with E-state index in [0.717, 1.165) is 43.2 Å². The minimum absolute atomic E-state index is 0.0805. The summed E-state index contributed by atoms with van der Waals surface area (Å²) in [5.41, 5.74) is 2.69. The Morgan fingerprint density at radius 1 is 1.30 bits per heavy atom. The van der Waals surface area contributed by atoms with E-state index < -0.39 is 11.7 Å². The van der Waals surface area contributed by atoms with Crippen molar-refractivity contribution in [2.24, 2.45) is 0 Å². The van der Waals surface area contributed by atoms with Crippen molar-refractivity contribution in [1.29, 1.82) is 0 Å². The Morgan fingerprint density at radius 2 is 2.12 bits per heavy atom. The number of nitrogens with one attached hydrogen (secondary N) is 1. The number of rotatable bonds is 1. The Hall–Kier alpha value is -2.61. The number of aromatic nitrogens is 1. The fraction of sp³-hybridized carbons (Fsp3) is 0.640. The molecule has 3 aliphatic heterocycles. The number of allylic oxidation sites excluding steroid dienone is 1. The van der Waals surface area contributed by atoms with Crippen LogP contribution in [0.25, 0.3) is 5.57 Å². The number of amides is 2. The highest BCUT2D eigenvalue weighted by atomic mass is 16.6. The SMILES string of the molecule is Cc1ccnc2c1C1=CCC(CC1)OCC1C(NC(=O)OC(C)(C)C)CCCN1C(=O)CO2. The smallest absolute Gasteiger partial charge is 0.407 e. The molecule has 5 rings (SSSR count). The van der Waals surface area contributed by atoms with Gasteiger partial charge in [-0.25, -0.2) is 9.78 Å². The topological polar surface area (TPSA) is 90.0 Å². The Bertz CT molecular complexity index is 923. The number of carbonyl (C=O) groups is 2. The van der Waals surface area contributed by atoms with Gasteiger partial charge in [-0.2, -0.15) is 0 Å². The van der Waals surface area contributed by atoms with E-state index in [-0.39, 0.29) is 30.7 Å². The number of aryl methyl sites for hydroxylation is 1. The molecule has 1 aliphatic carbocycles. The molecule has 0 saturated carbocycles. The Morgan fingerprint density at radius 3 is 2.85 bits per heavy atom. The zero-order chi connectivity index (χ0) is 23.6. The lowest BCUT2D eigenvalue weighted by molar-refractivity contribution is -0.140. The normalized spacial score (nSPS) is 25.9.